The first-order valence-electron chi connectivity index (χ1n) is 9.11. The second-order valence-electron chi connectivity index (χ2n) is 7.84. The lowest BCUT2D eigenvalue weighted by atomic mass is 9.96. The maximum Gasteiger partial charge on any atom is 0.261 e. The number of rotatable bonds is 5. The number of hydrogen-bond donors (Lipinski definition) is 3. The molecule has 0 bridgehead atoms. The molecular weight excluding hydrogens is 377 g/mol. The van der Waals surface area contributed by atoms with Crippen molar-refractivity contribution in [3.8, 4) is 0 Å². The van der Waals surface area contributed by atoms with E-state index in [9.17, 15) is 14.0 Å². The number of aromatic amines is 1. The zero-order valence-electron chi connectivity index (χ0n) is 16.4. The highest BCUT2D eigenvalue weighted by molar-refractivity contribution is 7.18. The summed E-state index contributed by atoms with van der Waals surface area (Å²) in [7, 11) is 0. The van der Waals surface area contributed by atoms with Crippen molar-refractivity contribution in [2.75, 3.05) is 11.9 Å². The summed E-state index contributed by atoms with van der Waals surface area (Å²) in [6, 6.07) is 6.43. The van der Waals surface area contributed by atoms with Crippen molar-refractivity contribution >= 4 is 39.1 Å². The molecule has 7 heteroatoms. The quantitative estimate of drug-likeness (QED) is 0.583. The van der Waals surface area contributed by atoms with E-state index in [-0.39, 0.29) is 17.6 Å². The molecule has 3 aromatic rings. The Labute approximate surface area is 167 Å². The number of H-pyrrole nitrogens is 1. The van der Waals surface area contributed by atoms with Crippen molar-refractivity contribution in [1.82, 2.24) is 10.3 Å². The number of carbonyl (C=O) groups excluding carboxylic acids is 2. The molecule has 3 N–H and O–H groups in total. The fraction of sp³-hybridized carbons (Fsp3) is 0.333. The zero-order valence-corrected chi connectivity index (χ0v) is 17.2. The number of aryl methyl sites for hydroxylation is 1. The van der Waals surface area contributed by atoms with Gasteiger partial charge in [0.25, 0.3) is 5.91 Å². The minimum atomic E-state index is -0.501. The molecule has 0 aliphatic rings. The standard InChI is InChI=1S/C21H24FN3O2S/c1-12-9-17(25-20(27)21(2,3)4)28-18(12)19(26)23-8-7-13-11-24-16-6-5-14(22)10-15(13)16/h5-6,9-11,24H,7-8H2,1-4H3,(H,23,26)(H,25,27). The summed E-state index contributed by atoms with van der Waals surface area (Å²) in [4.78, 5) is 28.3. The number of anilines is 1. The predicted octanol–water partition coefficient (Wildman–Crippen LogP) is 4.63. The van der Waals surface area contributed by atoms with Gasteiger partial charge in [-0.25, -0.2) is 4.39 Å². The summed E-state index contributed by atoms with van der Waals surface area (Å²) in [5.41, 5.74) is 2.15. The molecule has 3 rings (SSSR count). The third-order valence-electron chi connectivity index (χ3n) is 4.45. The van der Waals surface area contributed by atoms with E-state index in [1.54, 1.807) is 6.07 Å². The van der Waals surface area contributed by atoms with Crippen LogP contribution in [0.3, 0.4) is 0 Å². The Morgan fingerprint density at radius 2 is 1.96 bits per heavy atom. The molecule has 0 radical (unpaired) electrons. The summed E-state index contributed by atoms with van der Waals surface area (Å²) in [6.45, 7) is 7.80. The first kappa shape index (κ1) is 20.1. The fourth-order valence-corrected chi connectivity index (χ4v) is 3.80. The van der Waals surface area contributed by atoms with E-state index < -0.39 is 5.41 Å². The smallest absolute Gasteiger partial charge is 0.261 e. The topological polar surface area (TPSA) is 74.0 Å². The first-order valence-corrected chi connectivity index (χ1v) is 9.92. The maximum absolute atomic E-state index is 13.5. The highest BCUT2D eigenvalue weighted by Gasteiger charge is 2.23. The number of nitrogens with one attached hydrogen (secondary N) is 3. The predicted molar refractivity (Wildman–Crippen MR) is 111 cm³/mol. The van der Waals surface area contributed by atoms with E-state index in [0.29, 0.717) is 22.8 Å². The number of fused-ring (bicyclic) bond motifs is 1. The third kappa shape index (κ3) is 4.42. The van der Waals surface area contributed by atoms with Crippen LogP contribution in [0.25, 0.3) is 10.9 Å². The van der Waals surface area contributed by atoms with Gasteiger partial charge in [-0.3, -0.25) is 9.59 Å². The zero-order chi connectivity index (χ0) is 20.5. The molecule has 1 aromatic carbocycles. The van der Waals surface area contributed by atoms with Gasteiger partial charge in [0.15, 0.2) is 0 Å². The van der Waals surface area contributed by atoms with Crippen LogP contribution in [0.4, 0.5) is 9.39 Å². The number of thiophene rings is 1. The minimum absolute atomic E-state index is 0.0905. The van der Waals surface area contributed by atoms with Crippen molar-refractivity contribution < 1.29 is 14.0 Å². The summed E-state index contributed by atoms with van der Waals surface area (Å²) in [5.74, 6) is -0.548. The van der Waals surface area contributed by atoms with Gasteiger partial charge in [-0.1, -0.05) is 20.8 Å². The van der Waals surface area contributed by atoms with Gasteiger partial charge in [0.2, 0.25) is 5.91 Å². The molecule has 0 fully saturated rings. The van der Waals surface area contributed by atoms with Gasteiger partial charge in [-0.05, 0) is 48.7 Å². The molecule has 0 aliphatic carbocycles. The molecule has 2 aromatic heterocycles. The van der Waals surface area contributed by atoms with Crippen molar-refractivity contribution in [3.63, 3.8) is 0 Å². The Morgan fingerprint density at radius 1 is 1.21 bits per heavy atom. The summed E-state index contributed by atoms with van der Waals surface area (Å²) in [6.07, 6.45) is 2.43. The number of hydrogen-bond acceptors (Lipinski definition) is 3. The second-order valence-corrected chi connectivity index (χ2v) is 8.89. The first-order chi connectivity index (χ1) is 13.1. The van der Waals surface area contributed by atoms with E-state index in [0.717, 1.165) is 22.0 Å². The Balaban J connectivity index is 1.62. The van der Waals surface area contributed by atoms with E-state index >= 15 is 0 Å². The van der Waals surface area contributed by atoms with Crippen LogP contribution >= 0.6 is 11.3 Å². The Morgan fingerprint density at radius 3 is 2.68 bits per heavy atom. The van der Waals surface area contributed by atoms with Gasteiger partial charge >= 0.3 is 0 Å². The summed E-state index contributed by atoms with van der Waals surface area (Å²) in [5, 5.41) is 7.26. The van der Waals surface area contributed by atoms with Gasteiger partial charge in [-0.15, -0.1) is 11.3 Å². The van der Waals surface area contributed by atoms with Crippen LogP contribution in [0.1, 0.15) is 41.6 Å². The van der Waals surface area contributed by atoms with Crippen LogP contribution in [0.2, 0.25) is 0 Å². The number of amides is 2. The number of benzene rings is 1. The fourth-order valence-electron chi connectivity index (χ4n) is 2.82. The minimum Gasteiger partial charge on any atom is -0.361 e. The van der Waals surface area contributed by atoms with E-state index in [2.05, 4.69) is 15.6 Å². The molecule has 0 aliphatic heterocycles. The number of halogens is 1. The van der Waals surface area contributed by atoms with Gasteiger partial charge in [-0.2, -0.15) is 0 Å². The molecule has 28 heavy (non-hydrogen) atoms. The average molecular weight is 402 g/mol. The molecule has 148 valence electrons. The van der Waals surface area contributed by atoms with Gasteiger partial charge < -0.3 is 15.6 Å². The van der Waals surface area contributed by atoms with Crippen LogP contribution in [0.15, 0.2) is 30.5 Å². The van der Waals surface area contributed by atoms with Crippen LogP contribution in [0.5, 0.6) is 0 Å². The highest BCUT2D eigenvalue weighted by atomic mass is 32.1. The summed E-state index contributed by atoms with van der Waals surface area (Å²) < 4.78 is 13.5. The molecule has 0 unspecified atom stereocenters. The third-order valence-corrected chi connectivity index (χ3v) is 5.60. The van der Waals surface area contributed by atoms with Crippen LogP contribution < -0.4 is 10.6 Å². The van der Waals surface area contributed by atoms with Crippen molar-refractivity contribution in [2.24, 2.45) is 5.41 Å². The number of aromatic nitrogens is 1. The monoisotopic (exact) mass is 401 g/mol. The lowest BCUT2D eigenvalue weighted by molar-refractivity contribution is -0.123. The Hall–Kier alpha value is -2.67. The van der Waals surface area contributed by atoms with E-state index in [1.165, 1.54) is 23.5 Å². The van der Waals surface area contributed by atoms with Gasteiger partial charge in [0.05, 0.1) is 9.88 Å². The van der Waals surface area contributed by atoms with Crippen molar-refractivity contribution in [2.45, 2.75) is 34.1 Å². The van der Waals surface area contributed by atoms with Gasteiger partial charge in [0, 0.05) is 29.1 Å². The van der Waals surface area contributed by atoms with Crippen molar-refractivity contribution in [1.29, 1.82) is 0 Å². The molecule has 0 saturated heterocycles. The molecule has 5 nitrogen and oxygen atoms in total. The Kier molecular flexibility index (Phi) is 5.56. The van der Waals surface area contributed by atoms with Crippen LogP contribution in [0, 0.1) is 18.2 Å². The molecule has 0 saturated carbocycles. The Bertz CT molecular complexity index is 1030. The molecule has 0 spiro atoms. The second kappa shape index (κ2) is 7.75. The SMILES string of the molecule is Cc1cc(NC(=O)C(C)(C)C)sc1C(=O)NCCc1c[nH]c2ccc(F)cc12. The molecule has 0 atom stereocenters. The van der Waals surface area contributed by atoms with E-state index in [1.807, 2.05) is 40.0 Å². The van der Waals surface area contributed by atoms with Crippen molar-refractivity contribution in [3.05, 3.63) is 52.3 Å². The molecule has 2 amide bonds. The summed E-state index contributed by atoms with van der Waals surface area (Å²) >= 11 is 1.26. The van der Waals surface area contributed by atoms with Crippen LogP contribution in [-0.2, 0) is 11.2 Å². The lowest BCUT2D eigenvalue weighted by Crippen LogP contribution is -2.27. The average Bonchev–Trinajstić information content (AvgIpc) is 3.17. The van der Waals surface area contributed by atoms with Crippen LogP contribution in [-0.4, -0.2) is 23.3 Å². The largest absolute Gasteiger partial charge is 0.361 e. The molecular formula is C21H24FN3O2S. The number of carbonyl (C=O) groups is 2. The highest BCUT2D eigenvalue weighted by Crippen LogP contribution is 2.28. The van der Waals surface area contributed by atoms with E-state index in [4.69, 9.17) is 0 Å². The normalized spacial score (nSPS) is 11.6. The van der Waals surface area contributed by atoms with Gasteiger partial charge in [0.1, 0.15) is 5.82 Å². The molecule has 2 heterocycles. The lowest BCUT2D eigenvalue weighted by Gasteiger charge is -2.16. The maximum atomic E-state index is 13.5.